The zero-order valence-electron chi connectivity index (χ0n) is 21.6. The van der Waals surface area contributed by atoms with Crippen LogP contribution in [0, 0.1) is 5.41 Å². The number of nitrogens with zero attached hydrogens (tertiary/aromatic N) is 2. The van der Waals surface area contributed by atoms with Gasteiger partial charge in [0.15, 0.2) is 5.78 Å². The van der Waals surface area contributed by atoms with Crippen LogP contribution in [0.2, 0.25) is 0 Å². The summed E-state index contributed by atoms with van der Waals surface area (Å²) in [4.78, 5) is 43.5. The lowest BCUT2D eigenvalue weighted by molar-refractivity contribution is -0.127. The number of nitrogens with one attached hydrogen (secondary N) is 3. The second kappa shape index (κ2) is 10.7. The van der Waals surface area contributed by atoms with Crippen molar-refractivity contribution in [3.8, 4) is 0 Å². The van der Waals surface area contributed by atoms with Gasteiger partial charge >= 0.3 is 6.03 Å². The number of hydrogen-bond acceptors (Lipinski definition) is 5. The van der Waals surface area contributed by atoms with Gasteiger partial charge in [0.2, 0.25) is 0 Å². The lowest BCUT2D eigenvalue weighted by atomic mass is 9.90. The fourth-order valence-electron chi connectivity index (χ4n) is 4.17. The van der Waals surface area contributed by atoms with Gasteiger partial charge < -0.3 is 25.8 Å². The number of carbonyl (C=O) groups excluding carboxylic acids is 3. The zero-order valence-corrected chi connectivity index (χ0v) is 21.6. The number of para-hydroxylation sites is 3. The van der Waals surface area contributed by atoms with Crippen molar-refractivity contribution >= 4 is 46.2 Å². The Morgan fingerprint density at radius 2 is 1.54 bits per heavy atom. The molecule has 3 N–H and O–H groups in total. The second-order valence-electron chi connectivity index (χ2n) is 10.0. The third kappa shape index (κ3) is 5.91. The molecule has 37 heavy (non-hydrogen) atoms. The average Bonchev–Trinajstić information content (AvgIpc) is 2.99. The summed E-state index contributed by atoms with van der Waals surface area (Å²) in [6.07, 6.45) is 0. The molecule has 1 atom stereocenters. The van der Waals surface area contributed by atoms with Gasteiger partial charge in [-0.15, -0.1) is 0 Å². The average molecular weight is 500 g/mol. The summed E-state index contributed by atoms with van der Waals surface area (Å²) in [7, 11) is 1.80. The first-order valence-electron chi connectivity index (χ1n) is 12.3. The number of urea groups is 1. The summed E-state index contributed by atoms with van der Waals surface area (Å²) >= 11 is 0. The Kier molecular flexibility index (Phi) is 7.47. The molecule has 1 unspecified atom stereocenters. The van der Waals surface area contributed by atoms with E-state index in [1.165, 1.54) is 4.90 Å². The fraction of sp³-hybridized carbons (Fsp3) is 0.276. The summed E-state index contributed by atoms with van der Waals surface area (Å²) in [5.74, 6) is -0.418. The summed E-state index contributed by atoms with van der Waals surface area (Å²) in [6.45, 7) is 5.61. The Morgan fingerprint density at radius 1 is 0.892 bits per heavy atom. The normalized spacial score (nSPS) is 15.5. The highest BCUT2D eigenvalue weighted by Crippen LogP contribution is 2.37. The molecular formula is C29H33N5O3. The van der Waals surface area contributed by atoms with Crippen molar-refractivity contribution in [3.63, 3.8) is 0 Å². The molecule has 0 saturated heterocycles. The molecule has 192 valence electrons. The molecule has 0 aliphatic carbocycles. The molecule has 3 aromatic rings. The highest BCUT2D eigenvalue weighted by Gasteiger charge is 2.37. The minimum absolute atomic E-state index is 0.0732. The van der Waals surface area contributed by atoms with Crippen LogP contribution >= 0.6 is 0 Å². The molecule has 0 fully saturated rings. The SMILES string of the molecule is CNc1cccc(NC(=O)NC2CN(c3ccccc3)c3ccccc3N(CC(=O)C(C)(C)C)C2=O)c1. The zero-order chi connectivity index (χ0) is 26.6. The maximum Gasteiger partial charge on any atom is 0.319 e. The molecule has 4 rings (SSSR count). The first-order valence-corrected chi connectivity index (χ1v) is 12.3. The van der Waals surface area contributed by atoms with Crippen LogP contribution in [-0.4, -0.2) is 43.9 Å². The Labute approximate surface area is 217 Å². The smallest absolute Gasteiger partial charge is 0.319 e. The Bertz CT molecular complexity index is 1290. The molecule has 0 spiro atoms. The van der Waals surface area contributed by atoms with Crippen LogP contribution in [0.15, 0.2) is 78.9 Å². The maximum absolute atomic E-state index is 13.9. The number of benzene rings is 3. The van der Waals surface area contributed by atoms with Gasteiger partial charge in [0.05, 0.1) is 24.5 Å². The minimum atomic E-state index is -0.909. The number of fused-ring (bicyclic) bond motifs is 1. The summed E-state index contributed by atoms with van der Waals surface area (Å²) in [5, 5.41) is 8.71. The summed E-state index contributed by atoms with van der Waals surface area (Å²) < 4.78 is 0. The minimum Gasteiger partial charge on any atom is -0.388 e. The molecule has 1 aliphatic heterocycles. The lowest BCUT2D eigenvalue weighted by Crippen LogP contribution is -2.54. The van der Waals surface area contributed by atoms with Crippen molar-refractivity contribution < 1.29 is 14.4 Å². The van der Waals surface area contributed by atoms with Crippen LogP contribution in [0.5, 0.6) is 0 Å². The van der Waals surface area contributed by atoms with Crippen molar-refractivity contribution in [3.05, 3.63) is 78.9 Å². The summed E-state index contributed by atoms with van der Waals surface area (Å²) in [6, 6.07) is 23.1. The van der Waals surface area contributed by atoms with E-state index >= 15 is 0 Å². The molecule has 1 heterocycles. The van der Waals surface area contributed by atoms with Gasteiger partial charge in [0, 0.05) is 29.5 Å². The Balaban J connectivity index is 1.70. The largest absolute Gasteiger partial charge is 0.388 e. The van der Waals surface area contributed by atoms with Gasteiger partial charge in [-0.3, -0.25) is 9.59 Å². The fourth-order valence-corrected chi connectivity index (χ4v) is 4.17. The molecule has 0 aromatic heterocycles. The van der Waals surface area contributed by atoms with E-state index in [0.29, 0.717) is 11.4 Å². The highest BCUT2D eigenvalue weighted by molar-refractivity contribution is 6.08. The van der Waals surface area contributed by atoms with E-state index in [-0.39, 0.29) is 24.8 Å². The van der Waals surface area contributed by atoms with E-state index in [2.05, 4.69) is 16.0 Å². The van der Waals surface area contributed by atoms with Gasteiger partial charge in [0.1, 0.15) is 6.04 Å². The Hall–Kier alpha value is -4.33. The van der Waals surface area contributed by atoms with Crippen LogP contribution in [0.1, 0.15) is 20.8 Å². The number of carbonyl (C=O) groups is 3. The first-order chi connectivity index (χ1) is 17.7. The predicted octanol–water partition coefficient (Wildman–Crippen LogP) is 5.02. The standard InChI is InChI=1S/C29H33N5O3/c1-29(2,3)26(35)19-34-25-16-9-8-15-24(25)33(22-13-6-5-7-14-22)18-23(27(34)36)32-28(37)31-21-12-10-11-20(17-21)30-4/h5-17,23,30H,18-19H2,1-4H3,(H2,31,32,37). The number of ketones is 1. The molecule has 3 aromatic carbocycles. The second-order valence-corrected chi connectivity index (χ2v) is 10.0. The number of amides is 3. The van der Waals surface area contributed by atoms with Crippen LogP contribution in [0.3, 0.4) is 0 Å². The highest BCUT2D eigenvalue weighted by atomic mass is 16.2. The van der Waals surface area contributed by atoms with Gasteiger partial charge in [-0.25, -0.2) is 4.79 Å². The molecule has 8 nitrogen and oxygen atoms in total. The van der Waals surface area contributed by atoms with Crippen LogP contribution in [-0.2, 0) is 9.59 Å². The molecule has 8 heteroatoms. The van der Waals surface area contributed by atoms with E-state index < -0.39 is 17.5 Å². The third-order valence-electron chi connectivity index (χ3n) is 6.31. The van der Waals surface area contributed by atoms with Crippen molar-refractivity contribution in [1.29, 1.82) is 0 Å². The van der Waals surface area contributed by atoms with E-state index in [1.54, 1.807) is 19.2 Å². The van der Waals surface area contributed by atoms with Crippen molar-refractivity contribution in [1.82, 2.24) is 5.32 Å². The van der Waals surface area contributed by atoms with E-state index in [4.69, 9.17) is 0 Å². The van der Waals surface area contributed by atoms with E-state index in [0.717, 1.165) is 17.1 Å². The number of Topliss-reactive ketones (excluding diaryl/α,β-unsaturated/α-hetero) is 1. The predicted molar refractivity (Wildman–Crippen MR) is 149 cm³/mol. The van der Waals surface area contributed by atoms with E-state index in [1.807, 2.05) is 92.4 Å². The van der Waals surface area contributed by atoms with Gasteiger partial charge in [-0.05, 0) is 42.5 Å². The Morgan fingerprint density at radius 3 is 2.22 bits per heavy atom. The first kappa shape index (κ1) is 25.8. The molecular weight excluding hydrogens is 466 g/mol. The van der Waals surface area contributed by atoms with Gasteiger partial charge in [0.25, 0.3) is 5.91 Å². The molecule has 0 bridgehead atoms. The lowest BCUT2D eigenvalue weighted by Gasteiger charge is -2.28. The molecule has 3 amide bonds. The molecule has 0 radical (unpaired) electrons. The topological polar surface area (TPSA) is 93.8 Å². The number of anilines is 5. The van der Waals surface area contributed by atoms with Crippen molar-refractivity contribution in [2.75, 3.05) is 40.6 Å². The van der Waals surface area contributed by atoms with Crippen molar-refractivity contribution in [2.24, 2.45) is 5.41 Å². The van der Waals surface area contributed by atoms with Crippen LogP contribution in [0.4, 0.5) is 33.2 Å². The third-order valence-corrected chi connectivity index (χ3v) is 6.31. The summed E-state index contributed by atoms with van der Waals surface area (Å²) in [5.41, 5.74) is 3.10. The van der Waals surface area contributed by atoms with Crippen molar-refractivity contribution in [2.45, 2.75) is 26.8 Å². The molecule has 0 saturated carbocycles. The van der Waals surface area contributed by atoms with E-state index in [9.17, 15) is 14.4 Å². The number of hydrogen-bond donors (Lipinski definition) is 3. The quantitative estimate of drug-likeness (QED) is 0.443. The number of rotatable bonds is 6. The van der Waals surface area contributed by atoms with Gasteiger partial charge in [-0.2, -0.15) is 0 Å². The van der Waals surface area contributed by atoms with Crippen LogP contribution in [0.25, 0.3) is 0 Å². The maximum atomic E-state index is 13.9. The molecule has 1 aliphatic rings. The monoisotopic (exact) mass is 499 g/mol. The van der Waals surface area contributed by atoms with Crippen LogP contribution < -0.4 is 25.8 Å². The van der Waals surface area contributed by atoms with Gasteiger partial charge in [-0.1, -0.05) is 57.2 Å².